The zero-order valence-electron chi connectivity index (χ0n) is 7.50. The molecular weight excluding hydrogens is 242 g/mol. The fraction of sp³-hybridized carbons (Fsp3) is 0.0909. The van der Waals surface area contributed by atoms with E-state index < -0.39 is 0 Å². The van der Waals surface area contributed by atoms with E-state index in [1.165, 1.54) is 0 Å². The second kappa shape index (κ2) is 3.59. The Morgan fingerprint density at radius 1 is 1.29 bits per heavy atom. The summed E-state index contributed by atoms with van der Waals surface area (Å²) in [6.45, 7) is 0.501. The molecule has 0 aliphatic heterocycles. The molecule has 0 aliphatic rings. The average molecular weight is 252 g/mol. The molecule has 2 aromatic carbocycles. The van der Waals surface area contributed by atoms with Crippen LogP contribution in [0.4, 0.5) is 0 Å². The van der Waals surface area contributed by atoms with Crippen molar-refractivity contribution in [3.05, 3.63) is 40.4 Å². The molecule has 0 heterocycles. The minimum atomic E-state index is 0.263. The molecule has 0 aromatic heterocycles. The summed E-state index contributed by atoms with van der Waals surface area (Å²) < 4.78 is 0.883. The monoisotopic (exact) mass is 251 g/mol. The minimum absolute atomic E-state index is 0.263. The van der Waals surface area contributed by atoms with Crippen molar-refractivity contribution < 1.29 is 5.11 Å². The van der Waals surface area contributed by atoms with Crippen LogP contribution in [0.15, 0.2) is 34.8 Å². The number of aromatic hydroxyl groups is 1. The molecule has 2 nitrogen and oxygen atoms in total. The first kappa shape index (κ1) is 9.49. The van der Waals surface area contributed by atoms with Gasteiger partial charge in [-0.3, -0.25) is 0 Å². The van der Waals surface area contributed by atoms with Gasteiger partial charge in [-0.2, -0.15) is 0 Å². The van der Waals surface area contributed by atoms with Crippen LogP contribution in [0.25, 0.3) is 10.8 Å². The lowest BCUT2D eigenvalue weighted by Gasteiger charge is -2.06. The van der Waals surface area contributed by atoms with Crippen molar-refractivity contribution in [2.75, 3.05) is 0 Å². The van der Waals surface area contributed by atoms with Crippen LogP contribution in [0.5, 0.6) is 5.75 Å². The normalized spacial score (nSPS) is 10.7. The van der Waals surface area contributed by atoms with E-state index in [4.69, 9.17) is 5.73 Å². The van der Waals surface area contributed by atoms with E-state index in [0.717, 1.165) is 20.8 Å². The van der Waals surface area contributed by atoms with Gasteiger partial charge in [-0.25, -0.2) is 0 Å². The SMILES string of the molecule is NCc1cccc2cc(O)cc(Br)c12. The van der Waals surface area contributed by atoms with Gasteiger partial charge in [0.1, 0.15) is 5.75 Å². The molecule has 3 N–H and O–H groups in total. The highest BCUT2D eigenvalue weighted by molar-refractivity contribution is 9.10. The first-order chi connectivity index (χ1) is 6.72. The van der Waals surface area contributed by atoms with Gasteiger partial charge in [0.15, 0.2) is 0 Å². The van der Waals surface area contributed by atoms with Gasteiger partial charge in [-0.05, 0) is 23.1 Å². The van der Waals surface area contributed by atoms with E-state index in [9.17, 15) is 5.11 Å². The van der Waals surface area contributed by atoms with Gasteiger partial charge in [0.2, 0.25) is 0 Å². The summed E-state index contributed by atoms with van der Waals surface area (Å²) in [5, 5.41) is 11.5. The van der Waals surface area contributed by atoms with Crippen molar-refractivity contribution in [2.45, 2.75) is 6.54 Å². The zero-order valence-corrected chi connectivity index (χ0v) is 9.08. The number of nitrogens with two attached hydrogens (primary N) is 1. The first-order valence-corrected chi connectivity index (χ1v) is 5.12. The fourth-order valence-corrected chi connectivity index (χ4v) is 2.32. The number of halogens is 1. The third-order valence-electron chi connectivity index (χ3n) is 2.22. The van der Waals surface area contributed by atoms with Gasteiger partial charge in [-0.15, -0.1) is 0 Å². The first-order valence-electron chi connectivity index (χ1n) is 4.32. The highest BCUT2D eigenvalue weighted by atomic mass is 79.9. The topological polar surface area (TPSA) is 46.2 Å². The molecule has 2 rings (SSSR count). The van der Waals surface area contributed by atoms with Crippen molar-refractivity contribution in [1.82, 2.24) is 0 Å². The molecule has 3 heteroatoms. The lowest BCUT2D eigenvalue weighted by molar-refractivity contribution is 0.476. The Labute approximate surface area is 90.5 Å². The van der Waals surface area contributed by atoms with Crippen molar-refractivity contribution >= 4 is 26.7 Å². The largest absolute Gasteiger partial charge is 0.508 e. The van der Waals surface area contributed by atoms with Gasteiger partial charge < -0.3 is 10.8 Å². The lowest BCUT2D eigenvalue weighted by Crippen LogP contribution is -1.97. The van der Waals surface area contributed by atoms with Gasteiger partial charge in [-0.1, -0.05) is 34.1 Å². The van der Waals surface area contributed by atoms with Crippen LogP contribution in [0, 0.1) is 0 Å². The number of phenols is 1. The van der Waals surface area contributed by atoms with Gasteiger partial charge in [0.05, 0.1) is 0 Å². The van der Waals surface area contributed by atoms with Crippen LogP contribution < -0.4 is 5.73 Å². The summed E-state index contributed by atoms with van der Waals surface area (Å²) in [5.41, 5.74) is 6.72. The third-order valence-corrected chi connectivity index (χ3v) is 2.85. The van der Waals surface area contributed by atoms with Crippen LogP contribution in [-0.2, 0) is 6.54 Å². The second-order valence-electron chi connectivity index (χ2n) is 3.15. The molecule has 0 atom stereocenters. The number of phenolic OH excluding ortho intramolecular Hbond substituents is 1. The smallest absolute Gasteiger partial charge is 0.117 e. The summed E-state index contributed by atoms with van der Waals surface area (Å²) in [6.07, 6.45) is 0. The standard InChI is InChI=1S/C11H10BrNO/c12-10-5-9(14)4-7-2-1-3-8(6-13)11(7)10/h1-5,14H,6,13H2. The highest BCUT2D eigenvalue weighted by Crippen LogP contribution is 2.31. The van der Waals surface area contributed by atoms with Gasteiger partial charge in [0, 0.05) is 16.4 Å². The van der Waals surface area contributed by atoms with Crippen LogP contribution in [0.1, 0.15) is 5.56 Å². The predicted molar refractivity (Wildman–Crippen MR) is 61.2 cm³/mol. The zero-order chi connectivity index (χ0) is 10.1. The summed E-state index contributed by atoms with van der Waals surface area (Å²) in [4.78, 5) is 0. The Hall–Kier alpha value is -1.06. The molecule has 2 aromatic rings. The number of rotatable bonds is 1. The van der Waals surface area contributed by atoms with Crippen LogP contribution in [0.3, 0.4) is 0 Å². The molecule has 0 bridgehead atoms. The Morgan fingerprint density at radius 2 is 2.07 bits per heavy atom. The van der Waals surface area contributed by atoms with E-state index in [2.05, 4.69) is 15.9 Å². The molecule has 0 unspecified atom stereocenters. The maximum absolute atomic E-state index is 9.41. The molecule has 72 valence electrons. The number of hydrogen-bond acceptors (Lipinski definition) is 2. The van der Waals surface area contributed by atoms with Crippen LogP contribution in [-0.4, -0.2) is 5.11 Å². The summed E-state index contributed by atoms with van der Waals surface area (Å²) >= 11 is 3.42. The molecule has 14 heavy (non-hydrogen) atoms. The number of hydrogen-bond donors (Lipinski definition) is 2. The molecular formula is C11H10BrNO. The maximum Gasteiger partial charge on any atom is 0.117 e. The Kier molecular flexibility index (Phi) is 2.44. The molecule has 0 saturated carbocycles. The Balaban J connectivity index is 2.87. The molecule has 0 spiro atoms. The Bertz CT molecular complexity index is 482. The van der Waals surface area contributed by atoms with Crippen molar-refractivity contribution in [3.63, 3.8) is 0 Å². The summed E-state index contributed by atoms with van der Waals surface area (Å²) in [6, 6.07) is 9.31. The molecule has 0 amide bonds. The van der Waals surface area contributed by atoms with E-state index in [0.29, 0.717) is 6.54 Å². The minimum Gasteiger partial charge on any atom is -0.508 e. The van der Waals surface area contributed by atoms with Gasteiger partial charge >= 0.3 is 0 Å². The van der Waals surface area contributed by atoms with E-state index in [-0.39, 0.29) is 5.75 Å². The number of benzene rings is 2. The average Bonchev–Trinajstić information content (AvgIpc) is 2.16. The fourth-order valence-electron chi connectivity index (χ4n) is 1.60. The highest BCUT2D eigenvalue weighted by Gasteiger charge is 2.04. The predicted octanol–water partition coefficient (Wildman–Crippen LogP) is 2.77. The molecule has 0 aliphatic carbocycles. The van der Waals surface area contributed by atoms with E-state index in [1.807, 2.05) is 18.2 Å². The molecule has 0 fully saturated rings. The van der Waals surface area contributed by atoms with Crippen molar-refractivity contribution in [2.24, 2.45) is 5.73 Å². The summed E-state index contributed by atoms with van der Waals surface area (Å²) in [7, 11) is 0. The lowest BCUT2D eigenvalue weighted by atomic mass is 10.0. The maximum atomic E-state index is 9.41. The van der Waals surface area contributed by atoms with Gasteiger partial charge in [0.25, 0.3) is 0 Å². The van der Waals surface area contributed by atoms with Crippen molar-refractivity contribution in [1.29, 1.82) is 0 Å². The Morgan fingerprint density at radius 3 is 2.79 bits per heavy atom. The second-order valence-corrected chi connectivity index (χ2v) is 4.00. The third kappa shape index (κ3) is 1.49. The molecule has 0 radical (unpaired) electrons. The number of fused-ring (bicyclic) bond motifs is 1. The van der Waals surface area contributed by atoms with E-state index >= 15 is 0 Å². The van der Waals surface area contributed by atoms with E-state index in [1.54, 1.807) is 12.1 Å². The van der Waals surface area contributed by atoms with Crippen LogP contribution >= 0.6 is 15.9 Å². The van der Waals surface area contributed by atoms with Crippen molar-refractivity contribution in [3.8, 4) is 5.75 Å². The molecule has 0 saturated heterocycles. The quantitative estimate of drug-likeness (QED) is 0.819. The summed E-state index contributed by atoms with van der Waals surface area (Å²) in [5.74, 6) is 0.263. The van der Waals surface area contributed by atoms with Crippen LogP contribution in [0.2, 0.25) is 0 Å².